The molecule has 94 valence electrons. The maximum Gasteiger partial charge on any atom is 0.00675 e. The fourth-order valence-electron chi connectivity index (χ4n) is 3.57. The summed E-state index contributed by atoms with van der Waals surface area (Å²) in [6, 6.07) is 0.834. The molecule has 0 saturated heterocycles. The second kappa shape index (κ2) is 5.53. The molecular weight excluding hydrogens is 194 g/mol. The smallest absolute Gasteiger partial charge is 0.00675 e. The Hall–Kier alpha value is -0.0400. The van der Waals surface area contributed by atoms with Gasteiger partial charge in [-0.05, 0) is 56.4 Å². The van der Waals surface area contributed by atoms with Crippen LogP contribution in [0.15, 0.2) is 0 Å². The molecule has 0 aliphatic heterocycles. The summed E-state index contributed by atoms with van der Waals surface area (Å²) in [6.07, 6.45) is 13.3. The van der Waals surface area contributed by atoms with E-state index in [1.165, 1.54) is 64.3 Å². The monoisotopic (exact) mass is 223 g/mol. The first-order chi connectivity index (χ1) is 7.74. The Balaban J connectivity index is 1.69. The molecule has 1 N–H and O–H groups in total. The summed E-state index contributed by atoms with van der Waals surface area (Å²) in [5, 5.41) is 3.78. The van der Waals surface area contributed by atoms with Gasteiger partial charge in [-0.25, -0.2) is 0 Å². The van der Waals surface area contributed by atoms with Crippen LogP contribution in [-0.2, 0) is 0 Å². The van der Waals surface area contributed by atoms with Gasteiger partial charge in [0, 0.05) is 6.04 Å². The Morgan fingerprint density at radius 3 is 2.31 bits per heavy atom. The minimum atomic E-state index is 0.800. The molecule has 1 heteroatoms. The number of nitrogens with one attached hydrogen (secondary N) is 1. The van der Waals surface area contributed by atoms with E-state index >= 15 is 0 Å². The second-order valence-electron chi connectivity index (χ2n) is 6.40. The van der Waals surface area contributed by atoms with Crippen LogP contribution in [0.25, 0.3) is 0 Å². The van der Waals surface area contributed by atoms with Crippen LogP contribution in [0.4, 0.5) is 0 Å². The van der Waals surface area contributed by atoms with Gasteiger partial charge in [0.05, 0.1) is 0 Å². The van der Waals surface area contributed by atoms with Crippen LogP contribution in [0.2, 0.25) is 0 Å². The van der Waals surface area contributed by atoms with Crippen molar-refractivity contribution < 1.29 is 0 Å². The van der Waals surface area contributed by atoms with Crippen molar-refractivity contribution in [3.05, 3.63) is 0 Å². The molecular formula is C15H29N. The van der Waals surface area contributed by atoms with E-state index in [4.69, 9.17) is 0 Å². The Labute approximate surface area is 101 Å². The summed E-state index contributed by atoms with van der Waals surface area (Å²) >= 11 is 0. The van der Waals surface area contributed by atoms with E-state index in [-0.39, 0.29) is 0 Å². The van der Waals surface area contributed by atoms with Crippen LogP contribution in [0.3, 0.4) is 0 Å². The van der Waals surface area contributed by atoms with Crippen LogP contribution >= 0.6 is 0 Å². The van der Waals surface area contributed by atoms with Crippen LogP contribution < -0.4 is 5.32 Å². The standard InChI is InChI=1S/C15H29N/c1-3-13(2)12-16-14-6-10-15(11-7-14)8-4-5-9-15/h13-14,16H,3-12H2,1-2H3. The minimum Gasteiger partial charge on any atom is -0.314 e. The molecule has 2 saturated carbocycles. The fraction of sp³-hybridized carbons (Fsp3) is 1.00. The summed E-state index contributed by atoms with van der Waals surface area (Å²) in [6.45, 7) is 5.88. The lowest BCUT2D eigenvalue weighted by molar-refractivity contribution is 0.166. The average Bonchev–Trinajstić information content (AvgIpc) is 2.77. The molecule has 2 rings (SSSR count). The summed E-state index contributed by atoms with van der Waals surface area (Å²) in [4.78, 5) is 0. The highest BCUT2D eigenvalue weighted by Gasteiger charge is 2.37. The molecule has 1 spiro atoms. The zero-order chi connectivity index (χ0) is 11.4. The summed E-state index contributed by atoms with van der Waals surface area (Å²) in [5.41, 5.74) is 0.800. The van der Waals surface area contributed by atoms with Crippen LogP contribution in [-0.4, -0.2) is 12.6 Å². The van der Waals surface area contributed by atoms with Crippen molar-refractivity contribution in [1.29, 1.82) is 0 Å². The molecule has 0 aromatic carbocycles. The van der Waals surface area contributed by atoms with E-state index in [1.807, 2.05) is 0 Å². The summed E-state index contributed by atoms with van der Waals surface area (Å²) in [7, 11) is 0. The van der Waals surface area contributed by atoms with Crippen molar-refractivity contribution in [3.63, 3.8) is 0 Å². The molecule has 0 radical (unpaired) electrons. The quantitative estimate of drug-likeness (QED) is 0.756. The van der Waals surface area contributed by atoms with Gasteiger partial charge < -0.3 is 5.32 Å². The lowest BCUT2D eigenvalue weighted by Crippen LogP contribution is -2.38. The number of hydrogen-bond donors (Lipinski definition) is 1. The van der Waals surface area contributed by atoms with Gasteiger partial charge in [-0.15, -0.1) is 0 Å². The van der Waals surface area contributed by atoms with Crippen molar-refractivity contribution in [1.82, 2.24) is 5.32 Å². The SMILES string of the molecule is CCC(C)CNC1CCC2(CCCC2)CC1. The van der Waals surface area contributed by atoms with E-state index in [9.17, 15) is 0 Å². The van der Waals surface area contributed by atoms with E-state index in [1.54, 1.807) is 0 Å². The highest BCUT2D eigenvalue weighted by atomic mass is 14.9. The second-order valence-corrected chi connectivity index (χ2v) is 6.40. The maximum absolute atomic E-state index is 3.78. The van der Waals surface area contributed by atoms with Gasteiger partial charge in [0.2, 0.25) is 0 Å². The van der Waals surface area contributed by atoms with Gasteiger partial charge >= 0.3 is 0 Å². The lowest BCUT2D eigenvalue weighted by atomic mass is 9.71. The Morgan fingerprint density at radius 1 is 1.12 bits per heavy atom. The number of rotatable bonds is 4. The van der Waals surface area contributed by atoms with Gasteiger partial charge in [0.15, 0.2) is 0 Å². The van der Waals surface area contributed by atoms with Gasteiger partial charge in [0.1, 0.15) is 0 Å². The molecule has 0 aromatic heterocycles. The first kappa shape index (κ1) is 12.4. The molecule has 2 aliphatic carbocycles. The zero-order valence-corrected chi connectivity index (χ0v) is 11.2. The van der Waals surface area contributed by atoms with Crippen molar-refractivity contribution in [2.24, 2.45) is 11.3 Å². The fourth-order valence-corrected chi connectivity index (χ4v) is 3.57. The molecule has 0 amide bonds. The molecule has 1 atom stereocenters. The van der Waals surface area contributed by atoms with E-state index in [0.717, 1.165) is 17.4 Å². The molecule has 2 aliphatic rings. The highest BCUT2D eigenvalue weighted by Crippen LogP contribution is 2.48. The van der Waals surface area contributed by atoms with Crippen molar-refractivity contribution in [2.75, 3.05) is 6.54 Å². The molecule has 1 unspecified atom stereocenters. The Morgan fingerprint density at radius 2 is 1.75 bits per heavy atom. The third kappa shape index (κ3) is 3.00. The highest BCUT2D eigenvalue weighted by molar-refractivity contribution is 4.91. The predicted molar refractivity (Wildman–Crippen MR) is 70.6 cm³/mol. The maximum atomic E-state index is 3.78. The van der Waals surface area contributed by atoms with E-state index in [0.29, 0.717) is 0 Å². The van der Waals surface area contributed by atoms with E-state index < -0.39 is 0 Å². The van der Waals surface area contributed by atoms with Crippen molar-refractivity contribution in [2.45, 2.75) is 77.7 Å². The largest absolute Gasteiger partial charge is 0.314 e. The third-order valence-corrected chi connectivity index (χ3v) is 5.16. The summed E-state index contributed by atoms with van der Waals surface area (Å²) < 4.78 is 0. The minimum absolute atomic E-state index is 0.800. The van der Waals surface area contributed by atoms with Crippen LogP contribution in [0, 0.1) is 11.3 Å². The molecule has 16 heavy (non-hydrogen) atoms. The third-order valence-electron chi connectivity index (χ3n) is 5.16. The molecule has 0 bridgehead atoms. The van der Waals surface area contributed by atoms with Gasteiger partial charge in [0.25, 0.3) is 0 Å². The normalized spacial score (nSPS) is 27.4. The van der Waals surface area contributed by atoms with Crippen LogP contribution in [0.1, 0.15) is 71.6 Å². The van der Waals surface area contributed by atoms with Crippen molar-refractivity contribution >= 4 is 0 Å². The van der Waals surface area contributed by atoms with Crippen LogP contribution in [0.5, 0.6) is 0 Å². The molecule has 0 aromatic rings. The molecule has 2 fully saturated rings. The average molecular weight is 223 g/mol. The van der Waals surface area contributed by atoms with Crippen molar-refractivity contribution in [3.8, 4) is 0 Å². The van der Waals surface area contributed by atoms with E-state index in [2.05, 4.69) is 19.2 Å². The lowest BCUT2D eigenvalue weighted by Gasteiger charge is -2.38. The molecule has 0 heterocycles. The first-order valence-corrected chi connectivity index (χ1v) is 7.47. The predicted octanol–water partition coefficient (Wildman–Crippen LogP) is 4.13. The topological polar surface area (TPSA) is 12.0 Å². The first-order valence-electron chi connectivity index (χ1n) is 7.47. The van der Waals surface area contributed by atoms with Gasteiger partial charge in [-0.3, -0.25) is 0 Å². The van der Waals surface area contributed by atoms with Gasteiger partial charge in [-0.2, -0.15) is 0 Å². The Bertz CT molecular complexity index is 195. The molecule has 1 nitrogen and oxygen atoms in total. The Kier molecular flexibility index (Phi) is 4.29. The summed E-state index contributed by atoms with van der Waals surface area (Å²) in [5.74, 6) is 0.849. The zero-order valence-electron chi connectivity index (χ0n) is 11.2. The number of hydrogen-bond acceptors (Lipinski definition) is 1. The van der Waals surface area contributed by atoms with Gasteiger partial charge in [-0.1, -0.05) is 33.1 Å².